The monoisotopic (exact) mass is 242 g/mol. The topological polar surface area (TPSA) is 64.2 Å². The summed E-state index contributed by atoms with van der Waals surface area (Å²) < 4.78 is 10.3. The van der Waals surface area contributed by atoms with Crippen LogP contribution in [0.4, 0.5) is 5.88 Å². The molecule has 0 radical (unpaired) electrons. The number of hydrogen-bond acceptors (Lipinski definition) is 3. The van der Waals surface area contributed by atoms with Gasteiger partial charge in [0.25, 0.3) is 0 Å². The second-order valence-electron chi connectivity index (χ2n) is 4.28. The quantitative estimate of drug-likeness (QED) is 0.742. The van der Waals surface area contributed by atoms with E-state index in [1.807, 2.05) is 24.3 Å². The molecule has 2 aromatic heterocycles. The van der Waals surface area contributed by atoms with Gasteiger partial charge in [-0.2, -0.15) is 0 Å². The number of fused-ring (bicyclic) bond motifs is 1. The van der Waals surface area contributed by atoms with Gasteiger partial charge < -0.3 is 19.9 Å². The molecule has 3 aromatic rings. The Balaban J connectivity index is 1.93. The van der Waals surface area contributed by atoms with Gasteiger partial charge in [-0.05, 0) is 29.8 Å². The van der Waals surface area contributed by atoms with Crippen LogP contribution in [0.3, 0.4) is 0 Å². The highest BCUT2D eigenvalue weighted by molar-refractivity contribution is 5.82. The lowest BCUT2D eigenvalue weighted by atomic mass is 10.2. The minimum atomic E-state index is 0.447. The number of aromatic nitrogens is 1. The number of benzene rings is 1. The number of furan rings is 1. The zero-order valence-electron chi connectivity index (χ0n) is 10.1. The summed E-state index contributed by atoms with van der Waals surface area (Å²) in [6, 6.07) is 9.92. The molecule has 0 fully saturated rings. The van der Waals surface area contributed by atoms with Crippen molar-refractivity contribution in [2.75, 3.05) is 12.8 Å². The maximum atomic E-state index is 5.55. The van der Waals surface area contributed by atoms with Gasteiger partial charge in [-0.25, -0.2) is 0 Å². The molecule has 3 N–H and O–H groups in total. The first kappa shape index (κ1) is 10.8. The Morgan fingerprint density at radius 3 is 2.89 bits per heavy atom. The highest BCUT2D eigenvalue weighted by Crippen LogP contribution is 2.23. The van der Waals surface area contributed by atoms with Gasteiger partial charge in [0.1, 0.15) is 5.75 Å². The highest BCUT2D eigenvalue weighted by atomic mass is 16.5. The van der Waals surface area contributed by atoms with Gasteiger partial charge in [-0.3, -0.25) is 0 Å². The van der Waals surface area contributed by atoms with E-state index in [0.717, 1.165) is 34.3 Å². The van der Waals surface area contributed by atoms with Gasteiger partial charge in [0.2, 0.25) is 0 Å². The van der Waals surface area contributed by atoms with E-state index in [4.69, 9.17) is 14.9 Å². The van der Waals surface area contributed by atoms with Crippen molar-refractivity contribution in [2.24, 2.45) is 0 Å². The molecular formula is C14H14N2O2. The van der Waals surface area contributed by atoms with Crippen molar-refractivity contribution >= 4 is 16.8 Å². The molecular weight excluding hydrogens is 228 g/mol. The first-order valence-corrected chi connectivity index (χ1v) is 5.73. The summed E-state index contributed by atoms with van der Waals surface area (Å²) in [5.41, 5.74) is 8.84. The number of ether oxygens (including phenoxy) is 1. The van der Waals surface area contributed by atoms with Crippen LogP contribution in [0.5, 0.6) is 5.75 Å². The van der Waals surface area contributed by atoms with E-state index >= 15 is 0 Å². The maximum Gasteiger partial charge on any atom is 0.190 e. The molecule has 0 saturated heterocycles. The predicted molar refractivity (Wildman–Crippen MR) is 70.8 cm³/mol. The average Bonchev–Trinajstić information content (AvgIpc) is 2.94. The van der Waals surface area contributed by atoms with Crippen LogP contribution in [0, 0.1) is 0 Å². The molecule has 92 valence electrons. The fraction of sp³-hybridized carbons (Fsp3) is 0.143. The summed E-state index contributed by atoms with van der Waals surface area (Å²) in [4.78, 5) is 3.37. The Kier molecular flexibility index (Phi) is 2.48. The molecule has 0 bridgehead atoms. The molecule has 0 aliphatic rings. The van der Waals surface area contributed by atoms with Crippen LogP contribution in [0.25, 0.3) is 10.9 Å². The van der Waals surface area contributed by atoms with E-state index in [1.165, 1.54) is 0 Å². The zero-order valence-corrected chi connectivity index (χ0v) is 10.1. The molecule has 4 nitrogen and oxygen atoms in total. The Morgan fingerprint density at radius 1 is 1.28 bits per heavy atom. The van der Waals surface area contributed by atoms with E-state index in [2.05, 4.69) is 11.1 Å². The number of nitrogens with two attached hydrogens (primary N) is 1. The number of nitrogen functional groups attached to an aromatic ring is 1. The molecule has 0 unspecified atom stereocenters. The van der Waals surface area contributed by atoms with Gasteiger partial charge in [-0.15, -0.1) is 0 Å². The summed E-state index contributed by atoms with van der Waals surface area (Å²) >= 11 is 0. The Bertz CT molecular complexity index is 682. The normalized spacial score (nSPS) is 10.9. The Morgan fingerprint density at radius 2 is 2.17 bits per heavy atom. The third kappa shape index (κ3) is 1.93. The van der Waals surface area contributed by atoms with Gasteiger partial charge in [-0.1, -0.05) is 0 Å². The van der Waals surface area contributed by atoms with Crippen molar-refractivity contribution in [3.05, 3.63) is 47.9 Å². The fourth-order valence-corrected chi connectivity index (χ4v) is 2.10. The number of hydrogen-bond donors (Lipinski definition) is 2. The van der Waals surface area contributed by atoms with Crippen molar-refractivity contribution in [1.29, 1.82) is 0 Å². The second-order valence-corrected chi connectivity index (χ2v) is 4.28. The molecule has 4 heteroatoms. The largest absolute Gasteiger partial charge is 0.497 e. The number of nitrogens with one attached hydrogen (secondary N) is 1. The lowest BCUT2D eigenvalue weighted by Gasteiger charge is -1.97. The van der Waals surface area contributed by atoms with E-state index in [-0.39, 0.29) is 0 Å². The third-order valence-corrected chi connectivity index (χ3v) is 2.95. The average molecular weight is 242 g/mol. The molecule has 0 amide bonds. The van der Waals surface area contributed by atoms with Gasteiger partial charge in [0, 0.05) is 29.1 Å². The summed E-state index contributed by atoms with van der Waals surface area (Å²) in [6.07, 6.45) is 2.46. The van der Waals surface area contributed by atoms with Crippen molar-refractivity contribution in [3.8, 4) is 5.75 Å². The smallest absolute Gasteiger partial charge is 0.190 e. The van der Waals surface area contributed by atoms with Crippen LogP contribution < -0.4 is 10.5 Å². The second kappa shape index (κ2) is 4.14. The van der Waals surface area contributed by atoms with E-state index in [1.54, 1.807) is 13.4 Å². The first-order chi connectivity index (χ1) is 8.74. The molecule has 0 saturated carbocycles. The van der Waals surface area contributed by atoms with Crippen LogP contribution in [0.2, 0.25) is 0 Å². The van der Waals surface area contributed by atoms with Gasteiger partial charge in [0.05, 0.1) is 13.4 Å². The molecule has 0 aliphatic heterocycles. The predicted octanol–water partition coefficient (Wildman–Crippen LogP) is 2.94. The molecule has 0 aliphatic carbocycles. The molecule has 2 heterocycles. The number of methoxy groups -OCH3 is 1. The number of aromatic amines is 1. The highest BCUT2D eigenvalue weighted by Gasteiger charge is 2.05. The van der Waals surface area contributed by atoms with Crippen LogP contribution >= 0.6 is 0 Å². The summed E-state index contributed by atoms with van der Waals surface area (Å²) in [7, 11) is 1.67. The molecule has 18 heavy (non-hydrogen) atoms. The van der Waals surface area contributed by atoms with Gasteiger partial charge >= 0.3 is 0 Å². The Hall–Kier alpha value is -2.36. The zero-order chi connectivity index (χ0) is 12.5. The van der Waals surface area contributed by atoms with E-state index < -0.39 is 0 Å². The van der Waals surface area contributed by atoms with Gasteiger partial charge in [0.15, 0.2) is 5.88 Å². The minimum absolute atomic E-state index is 0.447. The third-order valence-electron chi connectivity index (χ3n) is 2.95. The maximum absolute atomic E-state index is 5.55. The standard InChI is InChI=1S/C14H14N2O2/c1-17-12-2-3-13-10(7-12)6-11(16-13)4-9-5-14(15)18-8-9/h2-3,5-8,16H,4,15H2,1H3. The fourth-order valence-electron chi connectivity index (χ4n) is 2.10. The molecule has 1 aromatic carbocycles. The summed E-state index contributed by atoms with van der Waals surface area (Å²) in [6.45, 7) is 0. The lowest BCUT2D eigenvalue weighted by Crippen LogP contribution is -1.85. The van der Waals surface area contributed by atoms with E-state index in [9.17, 15) is 0 Å². The minimum Gasteiger partial charge on any atom is -0.497 e. The van der Waals surface area contributed by atoms with Crippen molar-refractivity contribution < 1.29 is 9.15 Å². The van der Waals surface area contributed by atoms with Crippen molar-refractivity contribution in [3.63, 3.8) is 0 Å². The summed E-state index contributed by atoms with van der Waals surface area (Å²) in [5.74, 6) is 1.31. The van der Waals surface area contributed by atoms with Crippen molar-refractivity contribution in [1.82, 2.24) is 4.98 Å². The van der Waals surface area contributed by atoms with Crippen molar-refractivity contribution in [2.45, 2.75) is 6.42 Å². The number of H-pyrrole nitrogens is 1. The Labute approximate surface area is 104 Å². The van der Waals surface area contributed by atoms with Crippen LogP contribution in [0.15, 0.2) is 41.0 Å². The molecule has 3 rings (SSSR count). The SMILES string of the molecule is COc1ccc2[nH]c(Cc3coc(N)c3)cc2c1. The summed E-state index contributed by atoms with van der Waals surface area (Å²) in [5, 5.41) is 1.14. The number of anilines is 1. The van der Waals surface area contributed by atoms with E-state index in [0.29, 0.717) is 5.88 Å². The van der Waals surface area contributed by atoms with Crippen LogP contribution in [0.1, 0.15) is 11.3 Å². The molecule has 0 spiro atoms. The first-order valence-electron chi connectivity index (χ1n) is 5.73. The van der Waals surface area contributed by atoms with Crippen LogP contribution in [-0.2, 0) is 6.42 Å². The lowest BCUT2D eigenvalue weighted by molar-refractivity contribution is 0.415. The molecule has 0 atom stereocenters. The number of rotatable bonds is 3. The van der Waals surface area contributed by atoms with Crippen LogP contribution in [-0.4, -0.2) is 12.1 Å².